The Bertz CT molecular complexity index is 174. The molecule has 82 valence electrons. The van der Waals surface area contributed by atoms with E-state index in [0.717, 1.165) is 45.2 Å². The largest absolute Gasteiger partial charge is 0.356 e. The summed E-state index contributed by atoms with van der Waals surface area (Å²) in [4.78, 5) is 11.6. The predicted molar refractivity (Wildman–Crippen MR) is 57.8 cm³/mol. The first-order chi connectivity index (χ1) is 6.77. The maximum absolute atomic E-state index is 11.6. The molecule has 3 nitrogen and oxygen atoms in total. The van der Waals surface area contributed by atoms with E-state index in [1.165, 1.54) is 0 Å². The van der Waals surface area contributed by atoms with Crippen LogP contribution >= 0.6 is 0 Å². The van der Waals surface area contributed by atoms with Crippen molar-refractivity contribution >= 4 is 5.91 Å². The average molecular weight is 198 g/mol. The van der Waals surface area contributed by atoms with Crippen LogP contribution in [0, 0.1) is 11.8 Å². The lowest BCUT2D eigenvalue weighted by molar-refractivity contribution is -0.126. The van der Waals surface area contributed by atoms with Gasteiger partial charge in [0.05, 0.1) is 0 Å². The Labute approximate surface area is 86.4 Å². The van der Waals surface area contributed by atoms with Gasteiger partial charge < -0.3 is 11.1 Å². The first kappa shape index (κ1) is 11.5. The zero-order valence-electron chi connectivity index (χ0n) is 9.09. The number of hydrogen-bond acceptors (Lipinski definition) is 2. The summed E-state index contributed by atoms with van der Waals surface area (Å²) >= 11 is 0. The van der Waals surface area contributed by atoms with Crippen LogP contribution in [0.3, 0.4) is 0 Å². The number of rotatable bonds is 4. The number of carbonyl (C=O) groups is 1. The van der Waals surface area contributed by atoms with Crippen molar-refractivity contribution in [2.75, 3.05) is 13.1 Å². The van der Waals surface area contributed by atoms with Crippen LogP contribution in [0.1, 0.15) is 39.0 Å². The second-order valence-corrected chi connectivity index (χ2v) is 4.24. The summed E-state index contributed by atoms with van der Waals surface area (Å²) in [5.41, 5.74) is 5.60. The number of hydrogen-bond donors (Lipinski definition) is 2. The van der Waals surface area contributed by atoms with Crippen LogP contribution in [0.5, 0.6) is 0 Å². The Morgan fingerprint density at radius 1 is 1.36 bits per heavy atom. The molecule has 0 aromatic rings. The Morgan fingerprint density at radius 2 is 2.00 bits per heavy atom. The fraction of sp³-hybridized carbons (Fsp3) is 0.909. The lowest BCUT2D eigenvalue weighted by Gasteiger charge is -2.26. The molecule has 0 aromatic heterocycles. The standard InChI is InChI=1S/C11H22N2O/c1-2-7-13-11(14)10-5-3-9(8-12)4-6-10/h9-10H,2-8,12H2,1H3,(H,13,14). The third-order valence-corrected chi connectivity index (χ3v) is 3.10. The van der Waals surface area contributed by atoms with Crippen molar-refractivity contribution in [3.63, 3.8) is 0 Å². The van der Waals surface area contributed by atoms with Crippen LogP contribution in [0.2, 0.25) is 0 Å². The zero-order valence-corrected chi connectivity index (χ0v) is 9.09. The molecule has 0 bridgehead atoms. The van der Waals surface area contributed by atoms with E-state index in [4.69, 9.17) is 5.73 Å². The van der Waals surface area contributed by atoms with Crippen LogP contribution < -0.4 is 11.1 Å². The summed E-state index contributed by atoms with van der Waals surface area (Å²) in [6.45, 7) is 3.67. The summed E-state index contributed by atoms with van der Waals surface area (Å²) < 4.78 is 0. The molecule has 3 N–H and O–H groups in total. The third kappa shape index (κ3) is 3.29. The molecule has 14 heavy (non-hydrogen) atoms. The molecular formula is C11H22N2O. The molecule has 0 spiro atoms. The van der Waals surface area contributed by atoms with Gasteiger partial charge in [0, 0.05) is 12.5 Å². The van der Waals surface area contributed by atoms with E-state index in [-0.39, 0.29) is 11.8 Å². The van der Waals surface area contributed by atoms with Gasteiger partial charge in [0.1, 0.15) is 0 Å². The van der Waals surface area contributed by atoms with Crippen molar-refractivity contribution < 1.29 is 4.79 Å². The first-order valence-corrected chi connectivity index (χ1v) is 5.75. The zero-order chi connectivity index (χ0) is 10.4. The van der Waals surface area contributed by atoms with Crippen LogP contribution in [0.4, 0.5) is 0 Å². The van der Waals surface area contributed by atoms with E-state index in [9.17, 15) is 4.79 Å². The van der Waals surface area contributed by atoms with Gasteiger partial charge in [-0.25, -0.2) is 0 Å². The molecule has 0 atom stereocenters. The van der Waals surface area contributed by atoms with E-state index in [0.29, 0.717) is 5.92 Å². The van der Waals surface area contributed by atoms with Crippen molar-refractivity contribution in [3.05, 3.63) is 0 Å². The van der Waals surface area contributed by atoms with E-state index in [1.807, 2.05) is 0 Å². The van der Waals surface area contributed by atoms with Crippen LogP contribution in [-0.2, 0) is 4.79 Å². The molecule has 1 amide bonds. The number of amides is 1. The molecule has 0 unspecified atom stereocenters. The third-order valence-electron chi connectivity index (χ3n) is 3.10. The smallest absolute Gasteiger partial charge is 0.223 e. The molecule has 0 aliphatic heterocycles. The Morgan fingerprint density at radius 3 is 2.50 bits per heavy atom. The number of nitrogens with two attached hydrogens (primary N) is 1. The molecule has 0 radical (unpaired) electrons. The maximum Gasteiger partial charge on any atom is 0.223 e. The second kappa shape index (κ2) is 6.02. The molecule has 1 fully saturated rings. The maximum atomic E-state index is 11.6. The van der Waals surface area contributed by atoms with Gasteiger partial charge in [-0.3, -0.25) is 4.79 Å². The quantitative estimate of drug-likeness (QED) is 0.715. The van der Waals surface area contributed by atoms with Crippen LogP contribution in [0.15, 0.2) is 0 Å². The van der Waals surface area contributed by atoms with Crippen LogP contribution in [0.25, 0.3) is 0 Å². The Balaban J connectivity index is 2.23. The average Bonchev–Trinajstić information content (AvgIpc) is 2.26. The van der Waals surface area contributed by atoms with Crippen molar-refractivity contribution in [1.82, 2.24) is 5.32 Å². The van der Waals surface area contributed by atoms with Gasteiger partial charge >= 0.3 is 0 Å². The molecular weight excluding hydrogens is 176 g/mol. The SMILES string of the molecule is CCCNC(=O)C1CCC(CN)CC1. The Hall–Kier alpha value is -0.570. The molecule has 1 rings (SSSR count). The van der Waals surface area contributed by atoms with E-state index >= 15 is 0 Å². The highest BCUT2D eigenvalue weighted by Crippen LogP contribution is 2.27. The van der Waals surface area contributed by atoms with Crippen molar-refractivity contribution in [3.8, 4) is 0 Å². The highest BCUT2D eigenvalue weighted by molar-refractivity contribution is 5.78. The molecule has 3 heteroatoms. The highest BCUT2D eigenvalue weighted by atomic mass is 16.1. The van der Waals surface area contributed by atoms with Crippen molar-refractivity contribution in [2.24, 2.45) is 17.6 Å². The minimum Gasteiger partial charge on any atom is -0.356 e. The first-order valence-electron chi connectivity index (χ1n) is 5.75. The number of carbonyl (C=O) groups excluding carboxylic acids is 1. The summed E-state index contributed by atoms with van der Waals surface area (Å²) in [6, 6.07) is 0. The molecule has 0 saturated heterocycles. The van der Waals surface area contributed by atoms with Gasteiger partial charge in [0.15, 0.2) is 0 Å². The normalized spacial score (nSPS) is 27.3. The lowest BCUT2D eigenvalue weighted by Crippen LogP contribution is -2.34. The van der Waals surface area contributed by atoms with E-state index in [2.05, 4.69) is 12.2 Å². The van der Waals surface area contributed by atoms with Crippen LogP contribution in [-0.4, -0.2) is 19.0 Å². The summed E-state index contributed by atoms with van der Waals surface area (Å²) in [6.07, 6.45) is 5.32. The van der Waals surface area contributed by atoms with Crippen molar-refractivity contribution in [1.29, 1.82) is 0 Å². The minimum atomic E-state index is 0.252. The van der Waals surface area contributed by atoms with Gasteiger partial charge in [0.25, 0.3) is 0 Å². The molecule has 1 saturated carbocycles. The van der Waals surface area contributed by atoms with E-state index in [1.54, 1.807) is 0 Å². The number of nitrogens with one attached hydrogen (secondary N) is 1. The fourth-order valence-electron chi connectivity index (χ4n) is 2.05. The van der Waals surface area contributed by atoms with Gasteiger partial charge in [-0.1, -0.05) is 6.92 Å². The molecule has 0 heterocycles. The molecule has 1 aliphatic rings. The molecule has 1 aliphatic carbocycles. The second-order valence-electron chi connectivity index (χ2n) is 4.24. The minimum absolute atomic E-state index is 0.252. The van der Waals surface area contributed by atoms with E-state index < -0.39 is 0 Å². The predicted octanol–water partition coefficient (Wildman–Crippen LogP) is 1.28. The highest BCUT2D eigenvalue weighted by Gasteiger charge is 2.24. The van der Waals surface area contributed by atoms with Gasteiger partial charge in [-0.05, 0) is 44.6 Å². The lowest BCUT2D eigenvalue weighted by atomic mass is 9.81. The van der Waals surface area contributed by atoms with Crippen molar-refractivity contribution in [2.45, 2.75) is 39.0 Å². The summed E-state index contributed by atoms with van der Waals surface area (Å²) in [5, 5.41) is 2.96. The summed E-state index contributed by atoms with van der Waals surface area (Å²) in [7, 11) is 0. The van der Waals surface area contributed by atoms with Gasteiger partial charge in [-0.2, -0.15) is 0 Å². The fourth-order valence-corrected chi connectivity index (χ4v) is 2.05. The van der Waals surface area contributed by atoms with Gasteiger partial charge in [-0.15, -0.1) is 0 Å². The van der Waals surface area contributed by atoms with Gasteiger partial charge in [0.2, 0.25) is 5.91 Å². The topological polar surface area (TPSA) is 55.1 Å². The summed E-state index contributed by atoms with van der Waals surface area (Å²) in [5.74, 6) is 1.16. The molecule has 0 aromatic carbocycles. The Kier molecular flexibility index (Phi) is 4.94. The monoisotopic (exact) mass is 198 g/mol.